The van der Waals surface area contributed by atoms with Crippen LogP contribution in [0.4, 0.5) is 13.2 Å². The highest BCUT2D eigenvalue weighted by Crippen LogP contribution is 2.60. The molecule has 37 heavy (non-hydrogen) atoms. The number of carbonyl (C=O) groups excluding carboxylic acids is 2. The summed E-state index contributed by atoms with van der Waals surface area (Å²) in [6, 6.07) is 19.9. The van der Waals surface area contributed by atoms with Crippen LogP contribution in [0.1, 0.15) is 68.4 Å². The summed E-state index contributed by atoms with van der Waals surface area (Å²) in [4.78, 5) is 31.4. The lowest BCUT2D eigenvalue weighted by molar-refractivity contribution is -0.193. The second-order valence-corrected chi connectivity index (χ2v) is 10.6. The molecule has 5 rings (SSSR count). The number of nitrogens with two attached hydrogens (primary N) is 1. The number of halogens is 3. The van der Waals surface area contributed by atoms with Gasteiger partial charge in [-0.05, 0) is 56.1 Å². The zero-order valence-corrected chi connectivity index (χ0v) is 20.6. The molecule has 3 aliphatic rings. The average Bonchev–Trinajstić information content (AvgIpc) is 3.69. The monoisotopic (exact) mass is 508 g/mol. The first-order valence-electron chi connectivity index (χ1n) is 13.0. The number of hydrogen-bond acceptors (Lipinski definition) is 4. The number of allylic oxidation sites excluding steroid dienone is 2. The summed E-state index contributed by atoms with van der Waals surface area (Å²) in [5.41, 5.74) is 7.26. The molecule has 0 spiro atoms. The quantitative estimate of drug-likeness (QED) is 0.483. The molecule has 7 heteroatoms. The van der Waals surface area contributed by atoms with Gasteiger partial charge in [-0.25, -0.2) is 4.99 Å². The number of aliphatic imine (C=N–C) groups is 1. The molecule has 2 unspecified atom stereocenters. The van der Waals surface area contributed by atoms with E-state index in [0.29, 0.717) is 43.4 Å². The Hall–Kier alpha value is -3.22. The topological polar surface area (TPSA) is 72.5 Å². The summed E-state index contributed by atoms with van der Waals surface area (Å²) in [5, 5.41) is 0. The first kappa shape index (κ1) is 25.4. The van der Waals surface area contributed by atoms with Crippen LogP contribution in [0.2, 0.25) is 0 Å². The van der Waals surface area contributed by atoms with E-state index in [4.69, 9.17) is 5.73 Å². The van der Waals surface area contributed by atoms with E-state index in [2.05, 4.69) is 4.99 Å². The Morgan fingerprint density at radius 1 is 1.00 bits per heavy atom. The van der Waals surface area contributed by atoms with Crippen LogP contribution in [-0.2, 0) is 9.59 Å². The van der Waals surface area contributed by atoms with Crippen molar-refractivity contribution in [3.63, 3.8) is 0 Å². The fourth-order valence-electron chi connectivity index (χ4n) is 5.96. The van der Waals surface area contributed by atoms with Gasteiger partial charge in [0.05, 0.1) is 5.92 Å². The number of amidine groups is 1. The summed E-state index contributed by atoms with van der Waals surface area (Å²) >= 11 is 0. The zero-order valence-electron chi connectivity index (χ0n) is 20.6. The van der Waals surface area contributed by atoms with E-state index in [0.717, 1.165) is 11.1 Å². The number of benzene rings is 2. The van der Waals surface area contributed by atoms with E-state index in [1.807, 2.05) is 60.7 Å². The summed E-state index contributed by atoms with van der Waals surface area (Å²) < 4.78 is 41.0. The largest absolute Gasteiger partial charge is 0.401 e. The van der Waals surface area contributed by atoms with Crippen molar-refractivity contribution in [2.24, 2.45) is 28.0 Å². The molecule has 1 fully saturated rings. The van der Waals surface area contributed by atoms with E-state index in [1.54, 1.807) is 0 Å². The third-order valence-electron chi connectivity index (χ3n) is 8.26. The van der Waals surface area contributed by atoms with Gasteiger partial charge in [0.15, 0.2) is 11.6 Å². The molecule has 0 radical (unpaired) electrons. The molecular formula is C30H31F3N2O2. The normalized spacial score (nSPS) is 23.7. The number of rotatable bonds is 6. The number of alkyl halides is 3. The predicted molar refractivity (Wildman–Crippen MR) is 136 cm³/mol. The molecule has 0 bridgehead atoms. The van der Waals surface area contributed by atoms with Gasteiger partial charge >= 0.3 is 6.18 Å². The number of nitrogens with zero attached hydrogens (tertiary/aromatic N) is 1. The standard InChI is InChI=1S/C30H31F3N2O2/c31-30(32,33)29(15-16-29)27(37)21-13-7-8-14-22-25(17-21)35-28(34)24(26(22)36)18-23(19-9-3-1-4-10-19)20-11-5-2-6-12-20/h1-6,9-12,21,23-24H,7-8,13-18H2,(H2,34,35). The Labute approximate surface area is 214 Å². The highest BCUT2D eigenvalue weighted by molar-refractivity contribution is 6.13. The van der Waals surface area contributed by atoms with Crippen molar-refractivity contribution < 1.29 is 22.8 Å². The van der Waals surface area contributed by atoms with Gasteiger partial charge < -0.3 is 5.73 Å². The smallest absolute Gasteiger partial charge is 0.387 e. The maximum atomic E-state index is 13.8. The van der Waals surface area contributed by atoms with Crippen LogP contribution in [-0.4, -0.2) is 23.6 Å². The molecule has 1 saturated carbocycles. The molecule has 0 saturated heterocycles. The van der Waals surface area contributed by atoms with Crippen molar-refractivity contribution in [3.8, 4) is 0 Å². The first-order chi connectivity index (χ1) is 17.7. The van der Waals surface area contributed by atoms with Crippen molar-refractivity contribution in [1.29, 1.82) is 0 Å². The van der Waals surface area contributed by atoms with E-state index >= 15 is 0 Å². The zero-order chi connectivity index (χ0) is 26.2. The minimum Gasteiger partial charge on any atom is -0.387 e. The van der Waals surface area contributed by atoms with Crippen LogP contribution < -0.4 is 5.73 Å². The van der Waals surface area contributed by atoms with Crippen LogP contribution in [0.3, 0.4) is 0 Å². The highest BCUT2D eigenvalue weighted by Gasteiger charge is 2.68. The van der Waals surface area contributed by atoms with E-state index in [9.17, 15) is 22.8 Å². The summed E-state index contributed by atoms with van der Waals surface area (Å²) in [5.74, 6) is -2.16. The van der Waals surface area contributed by atoms with Crippen LogP contribution in [0.5, 0.6) is 0 Å². The molecule has 0 amide bonds. The van der Waals surface area contributed by atoms with E-state index in [1.165, 1.54) is 0 Å². The Morgan fingerprint density at radius 2 is 1.59 bits per heavy atom. The van der Waals surface area contributed by atoms with Gasteiger partial charge in [0.25, 0.3) is 0 Å². The van der Waals surface area contributed by atoms with Crippen molar-refractivity contribution in [3.05, 3.63) is 83.1 Å². The van der Waals surface area contributed by atoms with Crippen LogP contribution in [0.15, 0.2) is 76.9 Å². The second-order valence-electron chi connectivity index (χ2n) is 10.6. The van der Waals surface area contributed by atoms with Gasteiger partial charge in [-0.1, -0.05) is 67.1 Å². The maximum absolute atomic E-state index is 13.8. The summed E-state index contributed by atoms with van der Waals surface area (Å²) in [6.45, 7) is 0. The van der Waals surface area contributed by atoms with Gasteiger partial charge in [-0.15, -0.1) is 0 Å². The fraction of sp³-hybridized carbons (Fsp3) is 0.433. The third-order valence-corrected chi connectivity index (χ3v) is 8.26. The molecule has 2 aliphatic carbocycles. The van der Waals surface area contributed by atoms with Crippen molar-refractivity contribution in [2.75, 3.05) is 0 Å². The second kappa shape index (κ2) is 9.92. The molecule has 1 aliphatic heterocycles. The van der Waals surface area contributed by atoms with E-state index < -0.39 is 29.2 Å². The first-order valence-corrected chi connectivity index (χ1v) is 13.0. The summed E-state index contributed by atoms with van der Waals surface area (Å²) in [6.07, 6.45) is -2.22. The van der Waals surface area contributed by atoms with Crippen LogP contribution in [0.25, 0.3) is 0 Å². The van der Waals surface area contributed by atoms with Crippen molar-refractivity contribution in [2.45, 2.75) is 63.5 Å². The molecular weight excluding hydrogens is 477 g/mol. The lowest BCUT2D eigenvalue weighted by Gasteiger charge is -2.31. The molecule has 1 heterocycles. The van der Waals surface area contributed by atoms with Crippen molar-refractivity contribution >= 4 is 17.4 Å². The predicted octanol–water partition coefficient (Wildman–Crippen LogP) is 6.51. The Balaban J connectivity index is 1.42. The molecule has 0 aromatic heterocycles. The Morgan fingerprint density at radius 3 is 2.14 bits per heavy atom. The molecule has 194 valence electrons. The van der Waals surface area contributed by atoms with Crippen LogP contribution in [0, 0.1) is 17.3 Å². The summed E-state index contributed by atoms with van der Waals surface area (Å²) in [7, 11) is 0. The number of hydrogen-bond donors (Lipinski definition) is 1. The highest BCUT2D eigenvalue weighted by atomic mass is 19.4. The van der Waals surface area contributed by atoms with Gasteiger partial charge in [0.1, 0.15) is 11.3 Å². The number of Topliss-reactive ketones (excluding diaryl/α,β-unsaturated/α-hetero) is 2. The van der Waals surface area contributed by atoms with Crippen LogP contribution >= 0.6 is 0 Å². The van der Waals surface area contributed by atoms with Gasteiger partial charge in [-0.2, -0.15) is 13.2 Å². The van der Waals surface area contributed by atoms with Crippen molar-refractivity contribution in [1.82, 2.24) is 0 Å². The third kappa shape index (κ3) is 4.88. The lowest BCUT2D eigenvalue weighted by atomic mass is 9.76. The van der Waals surface area contributed by atoms with Gasteiger partial charge in [0, 0.05) is 23.1 Å². The molecule has 2 aromatic rings. The molecule has 2 aromatic carbocycles. The molecule has 2 N–H and O–H groups in total. The van der Waals surface area contributed by atoms with E-state index in [-0.39, 0.29) is 36.8 Å². The Bertz CT molecular complexity index is 1190. The minimum atomic E-state index is -4.54. The fourth-order valence-corrected chi connectivity index (χ4v) is 5.96. The van der Waals surface area contributed by atoms with Gasteiger partial charge in [0.2, 0.25) is 0 Å². The molecule has 2 atom stereocenters. The minimum absolute atomic E-state index is 0.0476. The van der Waals surface area contributed by atoms with Gasteiger partial charge in [-0.3, -0.25) is 9.59 Å². The number of carbonyl (C=O) groups is 2. The maximum Gasteiger partial charge on any atom is 0.401 e. The average molecular weight is 509 g/mol. The lowest BCUT2D eigenvalue weighted by Crippen LogP contribution is -2.39. The molecule has 4 nitrogen and oxygen atoms in total. The SMILES string of the molecule is NC1=NC2=C(CCCCC(C(=O)C3(C(F)(F)F)CC3)C2)C(=O)C1CC(c1ccccc1)c1ccccc1. The Kier molecular flexibility index (Phi) is 6.82. The number of ketones is 2.